The predicted molar refractivity (Wildman–Crippen MR) is 119 cm³/mol. The van der Waals surface area contributed by atoms with E-state index in [1.54, 1.807) is 0 Å². The minimum Gasteiger partial charge on any atom is -0.374 e. The number of carbonyl (C=O) groups excluding carboxylic acids is 1. The highest BCUT2D eigenvalue weighted by molar-refractivity contribution is 5.79. The Labute approximate surface area is 165 Å². The van der Waals surface area contributed by atoms with Crippen LogP contribution in [0.25, 0.3) is 0 Å². The summed E-state index contributed by atoms with van der Waals surface area (Å²) in [5.74, 6) is 0. The van der Waals surface area contributed by atoms with E-state index in [0.717, 1.165) is 43.5 Å². The molecule has 0 amide bonds. The van der Waals surface area contributed by atoms with Crippen molar-refractivity contribution in [2.24, 2.45) is 5.73 Å². The zero-order chi connectivity index (χ0) is 20.4. The monoisotopic (exact) mass is 369 g/mol. The summed E-state index contributed by atoms with van der Waals surface area (Å²) < 4.78 is 0. The van der Waals surface area contributed by atoms with Crippen molar-refractivity contribution in [3.63, 3.8) is 0 Å². The Balaban J connectivity index is 0.000000286. The molecule has 2 aliphatic heterocycles. The highest BCUT2D eigenvalue weighted by Gasteiger charge is 2.21. The van der Waals surface area contributed by atoms with Crippen molar-refractivity contribution in [2.75, 3.05) is 36.5 Å². The van der Waals surface area contributed by atoms with Crippen LogP contribution in [0.3, 0.4) is 0 Å². The number of benzene rings is 1. The van der Waals surface area contributed by atoms with Crippen molar-refractivity contribution in [3.05, 3.63) is 60.2 Å². The number of fused-ring (bicyclic) bond motifs is 1. The van der Waals surface area contributed by atoms with Gasteiger partial charge in [-0.1, -0.05) is 12.2 Å². The van der Waals surface area contributed by atoms with Crippen LogP contribution in [0.15, 0.2) is 54.7 Å². The number of hydrogen-bond donors (Lipinski definition) is 1. The first-order chi connectivity index (χ1) is 13.0. The molecule has 1 fully saturated rings. The molecule has 148 valence electrons. The molecule has 3 rings (SSSR count). The van der Waals surface area contributed by atoms with E-state index in [1.165, 1.54) is 23.4 Å². The van der Waals surface area contributed by atoms with Crippen LogP contribution < -0.4 is 15.5 Å². The Hall–Kier alpha value is -2.33. The largest absolute Gasteiger partial charge is 0.374 e. The first-order valence-electron chi connectivity index (χ1n) is 9.59. The lowest BCUT2D eigenvalue weighted by atomic mass is 10.1. The van der Waals surface area contributed by atoms with Gasteiger partial charge in [-0.05, 0) is 62.9 Å². The van der Waals surface area contributed by atoms with Crippen LogP contribution in [0.1, 0.15) is 32.8 Å². The second-order valence-electron chi connectivity index (χ2n) is 6.81. The molecule has 0 aromatic heterocycles. The fraction of sp³-hybridized carbons (Fsp3) is 0.435. The fourth-order valence-corrected chi connectivity index (χ4v) is 3.33. The zero-order valence-corrected chi connectivity index (χ0v) is 17.4. The molecule has 2 aliphatic rings. The number of likely N-dealkylation sites (N-methyl/N-ethyl adjacent to an activating group) is 1. The molecule has 0 saturated carbocycles. The van der Waals surface area contributed by atoms with Gasteiger partial charge in [0.25, 0.3) is 0 Å². The van der Waals surface area contributed by atoms with E-state index in [2.05, 4.69) is 48.2 Å². The Morgan fingerprint density at radius 3 is 2.41 bits per heavy atom. The van der Waals surface area contributed by atoms with Gasteiger partial charge >= 0.3 is 0 Å². The molecule has 0 aliphatic carbocycles. The van der Waals surface area contributed by atoms with E-state index in [4.69, 9.17) is 5.73 Å². The molecule has 4 heteroatoms. The molecule has 0 spiro atoms. The highest BCUT2D eigenvalue weighted by Crippen LogP contribution is 2.31. The summed E-state index contributed by atoms with van der Waals surface area (Å²) >= 11 is 0. The van der Waals surface area contributed by atoms with E-state index in [9.17, 15) is 4.79 Å². The third-order valence-corrected chi connectivity index (χ3v) is 5.11. The molecular weight excluding hydrogens is 334 g/mol. The van der Waals surface area contributed by atoms with Gasteiger partial charge in [-0.15, -0.1) is 13.2 Å². The maximum atomic E-state index is 10.2. The predicted octanol–water partition coefficient (Wildman–Crippen LogP) is 4.12. The van der Waals surface area contributed by atoms with Crippen LogP contribution in [0.2, 0.25) is 0 Å². The first-order valence-corrected chi connectivity index (χ1v) is 9.59. The average molecular weight is 370 g/mol. The second-order valence-corrected chi connectivity index (χ2v) is 6.81. The molecule has 1 saturated heterocycles. The normalized spacial score (nSPS) is 18.9. The van der Waals surface area contributed by atoms with Crippen LogP contribution in [-0.4, -0.2) is 39.0 Å². The number of anilines is 2. The summed E-state index contributed by atoms with van der Waals surface area (Å²) in [7, 11) is 2.16. The second kappa shape index (κ2) is 11.4. The Morgan fingerprint density at radius 1 is 1.22 bits per heavy atom. The fourth-order valence-electron chi connectivity index (χ4n) is 3.33. The van der Waals surface area contributed by atoms with Gasteiger partial charge in [0.15, 0.2) is 0 Å². The molecular formula is C23H35N3O. The number of allylic oxidation sites excluding steroid dienone is 4. The van der Waals surface area contributed by atoms with Crippen LogP contribution in [-0.2, 0) is 11.2 Å². The van der Waals surface area contributed by atoms with E-state index in [-0.39, 0.29) is 0 Å². The van der Waals surface area contributed by atoms with Gasteiger partial charge in [0, 0.05) is 49.7 Å². The Bertz CT molecular complexity index is 678. The summed E-state index contributed by atoms with van der Waals surface area (Å²) in [6.07, 6.45) is 6.90. The summed E-state index contributed by atoms with van der Waals surface area (Å²) in [4.78, 5) is 15.0. The maximum absolute atomic E-state index is 10.2. The van der Waals surface area contributed by atoms with Crippen molar-refractivity contribution in [3.8, 4) is 0 Å². The molecule has 1 atom stereocenters. The number of hydrogen-bond acceptors (Lipinski definition) is 4. The van der Waals surface area contributed by atoms with Gasteiger partial charge in [0.1, 0.15) is 6.29 Å². The van der Waals surface area contributed by atoms with Crippen LogP contribution in [0.5, 0.6) is 0 Å². The SMILES string of the molecule is C/C=C(C)\C(C=O)=C/C.C=C.CN1CCc2cc(N3CCC(N)C3)ccc21. The van der Waals surface area contributed by atoms with Crippen molar-refractivity contribution in [2.45, 2.75) is 39.7 Å². The van der Waals surface area contributed by atoms with E-state index >= 15 is 0 Å². The summed E-state index contributed by atoms with van der Waals surface area (Å²) in [5.41, 5.74) is 12.0. The highest BCUT2D eigenvalue weighted by atomic mass is 16.1. The minimum absolute atomic E-state index is 0.357. The lowest BCUT2D eigenvalue weighted by Gasteiger charge is -2.19. The van der Waals surface area contributed by atoms with Gasteiger partial charge in [-0.3, -0.25) is 4.79 Å². The van der Waals surface area contributed by atoms with Gasteiger partial charge in [-0.2, -0.15) is 0 Å². The van der Waals surface area contributed by atoms with Gasteiger partial charge in [0.2, 0.25) is 0 Å². The lowest BCUT2D eigenvalue weighted by Crippen LogP contribution is -2.26. The average Bonchev–Trinajstić information content (AvgIpc) is 3.30. The first kappa shape index (κ1) is 22.7. The summed E-state index contributed by atoms with van der Waals surface area (Å²) in [6, 6.07) is 7.19. The van der Waals surface area contributed by atoms with E-state index in [0.29, 0.717) is 6.04 Å². The van der Waals surface area contributed by atoms with Crippen molar-refractivity contribution < 1.29 is 4.79 Å². The topological polar surface area (TPSA) is 49.6 Å². The molecule has 2 N–H and O–H groups in total. The molecule has 1 aromatic rings. The third-order valence-electron chi connectivity index (χ3n) is 5.11. The van der Waals surface area contributed by atoms with Gasteiger partial charge in [-0.25, -0.2) is 0 Å². The van der Waals surface area contributed by atoms with Crippen molar-refractivity contribution in [1.82, 2.24) is 0 Å². The molecule has 27 heavy (non-hydrogen) atoms. The Kier molecular flexibility index (Phi) is 9.59. The maximum Gasteiger partial charge on any atom is 0.149 e. The third kappa shape index (κ3) is 6.10. The number of aldehydes is 1. The number of carbonyl (C=O) groups is 1. The molecule has 1 aromatic carbocycles. The molecule has 0 bridgehead atoms. The molecule has 2 heterocycles. The van der Waals surface area contributed by atoms with Crippen LogP contribution in [0.4, 0.5) is 11.4 Å². The molecule has 4 nitrogen and oxygen atoms in total. The van der Waals surface area contributed by atoms with E-state index < -0.39 is 0 Å². The lowest BCUT2D eigenvalue weighted by molar-refractivity contribution is -0.104. The zero-order valence-electron chi connectivity index (χ0n) is 17.4. The van der Waals surface area contributed by atoms with Crippen molar-refractivity contribution >= 4 is 17.7 Å². The van der Waals surface area contributed by atoms with Crippen molar-refractivity contribution in [1.29, 1.82) is 0 Å². The number of nitrogens with two attached hydrogens (primary N) is 1. The smallest absolute Gasteiger partial charge is 0.149 e. The number of nitrogens with zero attached hydrogens (tertiary/aromatic N) is 2. The molecule has 0 radical (unpaired) electrons. The van der Waals surface area contributed by atoms with Gasteiger partial charge in [0.05, 0.1) is 0 Å². The Morgan fingerprint density at radius 2 is 1.93 bits per heavy atom. The van der Waals surface area contributed by atoms with E-state index in [1.807, 2.05) is 32.9 Å². The standard InChI is InChI=1S/C13H19N3.C8H12O.C2H4/c1-15-6-4-10-8-12(2-3-13(10)15)16-7-5-11(14)9-16;1-4-7(3)8(5-2)6-9;1-2/h2-3,8,11H,4-7,9,14H2,1H3;4-6H,1-3H3;1-2H2/b;7-4-,8-5-;. The quantitative estimate of drug-likeness (QED) is 0.377. The summed E-state index contributed by atoms with van der Waals surface area (Å²) in [6.45, 7) is 15.0. The van der Waals surface area contributed by atoms with Gasteiger partial charge < -0.3 is 15.5 Å². The minimum atomic E-state index is 0.357. The number of rotatable bonds is 3. The van der Waals surface area contributed by atoms with Crippen LogP contribution in [0, 0.1) is 0 Å². The molecule has 1 unspecified atom stereocenters. The summed E-state index contributed by atoms with van der Waals surface area (Å²) in [5, 5.41) is 0. The van der Waals surface area contributed by atoms with Crippen LogP contribution >= 0.6 is 0 Å².